The Balaban J connectivity index is 2.36. The Hall–Kier alpha value is -2.60. The van der Waals surface area contributed by atoms with Crippen LogP contribution in [0.5, 0.6) is 17.2 Å². The Morgan fingerprint density at radius 1 is 1.19 bits per heavy atom. The number of nitro groups is 1. The lowest BCUT2D eigenvalue weighted by Crippen LogP contribution is -1.96. The molecule has 0 spiro atoms. The first kappa shape index (κ1) is 14.8. The first-order valence-electron chi connectivity index (χ1n) is 6.26. The molecule has 1 N–H and O–H groups in total. The zero-order valence-corrected chi connectivity index (χ0v) is 11.7. The number of aryl methyl sites for hydroxylation is 1. The van der Waals surface area contributed by atoms with Gasteiger partial charge in [-0.2, -0.15) is 0 Å². The molecule has 0 radical (unpaired) electrons. The van der Waals surface area contributed by atoms with Crippen LogP contribution in [-0.2, 0) is 6.61 Å². The monoisotopic (exact) mass is 289 g/mol. The van der Waals surface area contributed by atoms with Gasteiger partial charge in [-0.25, -0.2) is 0 Å². The number of benzene rings is 2. The molecular weight excluding hydrogens is 274 g/mol. The number of aliphatic hydroxyl groups is 1. The molecule has 0 aliphatic carbocycles. The van der Waals surface area contributed by atoms with Gasteiger partial charge in [-0.05, 0) is 25.1 Å². The van der Waals surface area contributed by atoms with Crippen LogP contribution in [0.1, 0.15) is 11.1 Å². The summed E-state index contributed by atoms with van der Waals surface area (Å²) in [5.74, 6) is 0.933. The molecular formula is C15H15NO5. The van der Waals surface area contributed by atoms with Crippen molar-refractivity contribution < 1.29 is 19.5 Å². The van der Waals surface area contributed by atoms with Crippen molar-refractivity contribution in [3.63, 3.8) is 0 Å². The van der Waals surface area contributed by atoms with Crippen molar-refractivity contribution in [3.8, 4) is 17.2 Å². The number of aliphatic hydroxyl groups excluding tert-OH is 1. The van der Waals surface area contributed by atoms with Crippen molar-refractivity contribution in [1.29, 1.82) is 0 Å². The van der Waals surface area contributed by atoms with Gasteiger partial charge in [-0.15, -0.1) is 0 Å². The largest absolute Gasteiger partial charge is 0.490 e. The minimum Gasteiger partial charge on any atom is -0.490 e. The minimum absolute atomic E-state index is 0.165. The molecule has 0 unspecified atom stereocenters. The van der Waals surface area contributed by atoms with Crippen LogP contribution in [0.25, 0.3) is 0 Å². The summed E-state index contributed by atoms with van der Waals surface area (Å²) in [5, 5.41) is 20.3. The Labute approximate surface area is 121 Å². The van der Waals surface area contributed by atoms with Crippen LogP contribution in [0, 0.1) is 17.0 Å². The third-order valence-corrected chi connectivity index (χ3v) is 2.96. The lowest BCUT2D eigenvalue weighted by atomic mass is 10.1. The maximum absolute atomic E-state index is 11.0. The van der Waals surface area contributed by atoms with Crippen molar-refractivity contribution in [2.45, 2.75) is 13.5 Å². The SMILES string of the molecule is COc1ccc(Oc2ccc(C)cc2CO)cc1[N+](=O)[O-]. The highest BCUT2D eigenvalue weighted by Crippen LogP contribution is 2.34. The van der Waals surface area contributed by atoms with Crippen LogP contribution >= 0.6 is 0 Å². The number of ether oxygens (including phenoxy) is 2. The summed E-state index contributed by atoms with van der Waals surface area (Å²) in [7, 11) is 1.37. The zero-order chi connectivity index (χ0) is 15.4. The minimum atomic E-state index is -0.534. The van der Waals surface area contributed by atoms with E-state index in [2.05, 4.69) is 0 Å². The van der Waals surface area contributed by atoms with E-state index in [9.17, 15) is 15.2 Å². The third kappa shape index (κ3) is 3.29. The van der Waals surface area contributed by atoms with Gasteiger partial charge in [0.2, 0.25) is 0 Å². The lowest BCUT2D eigenvalue weighted by molar-refractivity contribution is -0.385. The molecule has 0 aromatic heterocycles. The Morgan fingerprint density at radius 2 is 1.90 bits per heavy atom. The molecule has 21 heavy (non-hydrogen) atoms. The van der Waals surface area contributed by atoms with Crippen molar-refractivity contribution in [3.05, 3.63) is 57.6 Å². The summed E-state index contributed by atoms with van der Waals surface area (Å²) in [5.41, 5.74) is 1.44. The molecule has 0 aliphatic rings. The van der Waals surface area contributed by atoms with Gasteiger partial charge in [-0.1, -0.05) is 17.7 Å². The lowest BCUT2D eigenvalue weighted by Gasteiger charge is -2.11. The van der Waals surface area contributed by atoms with Crippen LogP contribution in [0.3, 0.4) is 0 Å². The fraction of sp³-hybridized carbons (Fsp3) is 0.200. The second-order valence-electron chi connectivity index (χ2n) is 4.46. The first-order chi connectivity index (χ1) is 10.0. The number of nitro benzene ring substituents is 1. The van der Waals surface area contributed by atoms with E-state index >= 15 is 0 Å². The van der Waals surface area contributed by atoms with Gasteiger partial charge in [0.1, 0.15) is 11.5 Å². The fourth-order valence-corrected chi connectivity index (χ4v) is 1.93. The van der Waals surface area contributed by atoms with Gasteiger partial charge in [-0.3, -0.25) is 10.1 Å². The van der Waals surface area contributed by atoms with Crippen molar-refractivity contribution in [1.82, 2.24) is 0 Å². The highest BCUT2D eigenvalue weighted by Gasteiger charge is 2.16. The summed E-state index contributed by atoms with van der Waals surface area (Å²) < 4.78 is 10.6. The zero-order valence-electron chi connectivity index (χ0n) is 11.7. The molecule has 6 heteroatoms. The second kappa shape index (κ2) is 6.23. The highest BCUT2D eigenvalue weighted by atomic mass is 16.6. The number of hydrogen-bond acceptors (Lipinski definition) is 5. The van der Waals surface area contributed by atoms with E-state index in [0.29, 0.717) is 17.1 Å². The van der Waals surface area contributed by atoms with Crippen LogP contribution < -0.4 is 9.47 Å². The van der Waals surface area contributed by atoms with Gasteiger partial charge < -0.3 is 14.6 Å². The molecule has 0 aliphatic heterocycles. The molecule has 2 rings (SSSR count). The molecule has 2 aromatic carbocycles. The van der Waals surface area contributed by atoms with Gasteiger partial charge in [0.25, 0.3) is 0 Å². The summed E-state index contributed by atoms with van der Waals surface area (Å²) in [6, 6.07) is 9.70. The maximum Gasteiger partial charge on any atom is 0.314 e. The van der Waals surface area contributed by atoms with Gasteiger partial charge in [0.15, 0.2) is 5.75 Å². The van der Waals surface area contributed by atoms with Crippen molar-refractivity contribution in [2.75, 3.05) is 7.11 Å². The van der Waals surface area contributed by atoms with Gasteiger partial charge >= 0.3 is 5.69 Å². The van der Waals surface area contributed by atoms with Crippen LogP contribution in [-0.4, -0.2) is 17.1 Å². The summed E-state index contributed by atoms with van der Waals surface area (Å²) in [4.78, 5) is 10.4. The first-order valence-corrected chi connectivity index (χ1v) is 6.26. The molecule has 0 heterocycles. The van der Waals surface area contributed by atoms with E-state index in [1.807, 2.05) is 13.0 Å². The predicted molar refractivity (Wildman–Crippen MR) is 76.8 cm³/mol. The maximum atomic E-state index is 11.0. The number of hydrogen-bond donors (Lipinski definition) is 1. The Morgan fingerprint density at radius 3 is 2.52 bits per heavy atom. The normalized spacial score (nSPS) is 10.2. The average Bonchev–Trinajstić information content (AvgIpc) is 2.48. The third-order valence-electron chi connectivity index (χ3n) is 2.96. The van der Waals surface area contributed by atoms with E-state index in [-0.39, 0.29) is 18.0 Å². The molecule has 0 bridgehead atoms. The summed E-state index contributed by atoms with van der Waals surface area (Å²) >= 11 is 0. The van der Waals surface area contributed by atoms with E-state index in [1.54, 1.807) is 18.2 Å². The molecule has 0 amide bonds. The van der Waals surface area contributed by atoms with Crippen molar-refractivity contribution >= 4 is 5.69 Å². The van der Waals surface area contributed by atoms with Crippen LogP contribution in [0.15, 0.2) is 36.4 Å². The Bertz CT molecular complexity index is 669. The van der Waals surface area contributed by atoms with Gasteiger partial charge in [0.05, 0.1) is 24.7 Å². The predicted octanol–water partition coefficient (Wildman–Crippen LogP) is 3.20. The van der Waals surface area contributed by atoms with Crippen LogP contribution in [0.2, 0.25) is 0 Å². The van der Waals surface area contributed by atoms with E-state index in [4.69, 9.17) is 9.47 Å². The molecule has 0 fully saturated rings. The molecule has 0 saturated heterocycles. The highest BCUT2D eigenvalue weighted by molar-refractivity contribution is 5.52. The van der Waals surface area contributed by atoms with E-state index < -0.39 is 4.92 Å². The number of nitrogens with zero attached hydrogens (tertiary/aromatic N) is 1. The molecule has 0 atom stereocenters. The molecule has 0 saturated carbocycles. The quantitative estimate of drug-likeness (QED) is 0.675. The Kier molecular flexibility index (Phi) is 4.39. The molecule has 110 valence electrons. The second-order valence-corrected chi connectivity index (χ2v) is 4.46. The van der Waals surface area contributed by atoms with E-state index in [1.165, 1.54) is 19.2 Å². The topological polar surface area (TPSA) is 81.8 Å². The number of methoxy groups -OCH3 is 1. The average molecular weight is 289 g/mol. The van der Waals surface area contributed by atoms with Crippen molar-refractivity contribution in [2.24, 2.45) is 0 Å². The van der Waals surface area contributed by atoms with Gasteiger partial charge in [0, 0.05) is 5.56 Å². The standard InChI is InChI=1S/C15H15NO5/c1-10-3-5-14(11(7-10)9-17)21-12-4-6-15(20-2)13(8-12)16(18)19/h3-8,17H,9H2,1-2H3. The molecule has 6 nitrogen and oxygen atoms in total. The summed E-state index contributed by atoms with van der Waals surface area (Å²) in [6.07, 6.45) is 0. The van der Waals surface area contributed by atoms with Crippen LogP contribution in [0.4, 0.5) is 5.69 Å². The smallest absolute Gasteiger partial charge is 0.314 e. The molecule has 2 aromatic rings. The summed E-state index contributed by atoms with van der Waals surface area (Å²) in [6.45, 7) is 1.73. The number of rotatable bonds is 5. The van der Waals surface area contributed by atoms with E-state index in [0.717, 1.165) is 5.56 Å². The fourth-order valence-electron chi connectivity index (χ4n) is 1.93.